The van der Waals surface area contributed by atoms with Gasteiger partial charge in [-0.05, 0) is 26.3 Å². The standard InChI is InChI=1S/C18H37NO/c1-4-6-7-8-9-10-11-12-13-18(19-5-2)17-14-16(3)20-15-17/h16-19H,4-15H2,1-3H3. The van der Waals surface area contributed by atoms with Crippen molar-refractivity contribution >= 4 is 0 Å². The van der Waals surface area contributed by atoms with Crippen LogP contribution in [0.4, 0.5) is 0 Å². The highest BCUT2D eigenvalue weighted by molar-refractivity contribution is 4.81. The summed E-state index contributed by atoms with van der Waals surface area (Å²) in [5.74, 6) is 0.745. The number of rotatable bonds is 12. The summed E-state index contributed by atoms with van der Waals surface area (Å²) < 4.78 is 5.74. The zero-order chi connectivity index (χ0) is 14.6. The van der Waals surface area contributed by atoms with Crippen LogP contribution in [0.1, 0.15) is 85.0 Å². The van der Waals surface area contributed by atoms with E-state index in [1.165, 1.54) is 64.2 Å². The Morgan fingerprint density at radius 1 is 1.00 bits per heavy atom. The van der Waals surface area contributed by atoms with Crippen molar-refractivity contribution in [3.05, 3.63) is 0 Å². The van der Waals surface area contributed by atoms with Crippen molar-refractivity contribution in [3.8, 4) is 0 Å². The fraction of sp³-hybridized carbons (Fsp3) is 1.00. The van der Waals surface area contributed by atoms with E-state index in [1.807, 2.05) is 0 Å². The third kappa shape index (κ3) is 7.64. The molecule has 3 unspecified atom stereocenters. The molecule has 1 aliphatic heterocycles. The Morgan fingerprint density at radius 3 is 2.20 bits per heavy atom. The molecule has 2 heteroatoms. The van der Waals surface area contributed by atoms with Gasteiger partial charge >= 0.3 is 0 Å². The van der Waals surface area contributed by atoms with Gasteiger partial charge in [-0.1, -0.05) is 65.2 Å². The van der Waals surface area contributed by atoms with Crippen LogP contribution in [-0.4, -0.2) is 25.3 Å². The fourth-order valence-electron chi connectivity index (χ4n) is 3.40. The average molecular weight is 284 g/mol. The van der Waals surface area contributed by atoms with Crippen molar-refractivity contribution in [2.45, 2.75) is 97.1 Å². The summed E-state index contributed by atoms with van der Waals surface area (Å²) in [6.45, 7) is 8.77. The lowest BCUT2D eigenvalue weighted by Crippen LogP contribution is -2.36. The molecule has 1 rings (SSSR count). The molecule has 1 fully saturated rings. The molecular formula is C18H37NO. The molecule has 0 spiro atoms. The van der Waals surface area contributed by atoms with Gasteiger partial charge in [-0.3, -0.25) is 0 Å². The molecule has 0 aromatic heterocycles. The summed E-state index contributed by atoms with van der Waals surface area (Å²) in [4.78, 5) is 0. The van der Waals surface area contributed by atoms with E-state index in [4.69, 9.17) is 4.74 Å². The highest BCUT2D eigenvalue weighted by atomic mass is 16.5. The van der Waals surface area contributed by atoms with Gasteiger partial charge < -0.3 is 10.1 Å². The Bertz CT molecular complexity index is 219. The second-order valence-corrected chi connectivity index (χ2v) is 6.57. The van der Waals surface area contributed by atoms with Crippen LogP contribution in [0.5, 0.6) is 0 Å². The van der Waals surface area contributed by atoms with Crippen molar-refractivity contribution in [1.82, 2.24) is 5.32 Å². The van der Waals surface area contributed by atoms with Gasteiger partial charge in [-0.15, -0.1) is 0 Å². The van der Waals surface area contributed by atoms with E-state index in [0.29, 0.717) is 12.1 Å². The minimum absolute atomic E-state index is 0.472. The molecule has 1 saturated heterocycles. The van der Waals surface area contributed by atoms with Gasteiger partial charge in [0.1, 0.15) is 0 Å². The number of nitrogens with one attached hydrogen (secondary N) is 1. The molecule has 0 aliphatic carbocycles. The largest absolute Gasteiger partial charge is 0.378 e. The third-order valence-electron chi connectivity index (χ3n) is 4.63. The molecule has 0 bridgehead atoms. The first-order valence-corrected chi connectivity index (χ1v) is 9.12. The van der Waals surface area contributed by atoms with Gasteiger partial charge in [0, 0.05) is 12.0 Å². The molecule has 0 radical (unpaired) electrons. The van der Waals surface area contributed by atoms with Crippen LogP contribution in [0.2, 0.25) is 0 Å². The highest BCUT2D eigenvalue weighted by Gasteiger charge is 2.28. The van der Waals surface area contributed by atoms with E-state index in [1.54, 1.807) is 0 Å². The second kappa shape index (κ2) is 11.6. The monoisotopic (exact) mass is 283 g/mol. The van der Waals surface area contributed by atoms with Gasteiger partial charge in [-0.2, -0.15) is 0 Å². The minimum atomic E-state index is 0.472. The Kier molecular flexibility index (Phi) is 10.4. The van der Waals surface area contributed by atoms with Crippen molar-refractivity contribution in [2.24, 2.45) is 5.92 Å². The molecule has 20 heavy (non-hydrogen) atoms. The zero-order valence-electron chi connectivity index (χ0n) is 14.1. The molecule has 0 aromatic rings. The van der Waals surface area contributed by atoms with Gasteiger partial charge in [0.05, 0.1) is 12.7 Å². The first kappa shape index (κ1) is 18.0. The summed E-state index contributed by atoms with van der Waals surface area (Å²) >= 11 is 0. The smallest absolute Gasteiger partial charge is 0.0551 e. The molecule has 2 nitrogen and oxygen atoms in total. The molecule has 3 atom stereocenters. The van der Waals surface area contributed by atoms with Crippen molar-refractivity contribution < 1.29 is 4.74 Å². The van der Waals surface area contributed by atoms with Gasteiger partial charge in [0.2, 0.25) is 0 Å². The van der Waals surface area contributed by atoms with Crippen molar-refractivity contribution in [3.63, 3.8) is 0 Å². The van der Waals surface area contributed by atoms with E-state index in [0.717, 1.165) is 19.1 Å². The summed E-state index contributed by atoms with van der Waals surface area (Å²) in [6, 6.07) is 0.685. The molecule has 1 aliphatic rings. The third-order valence-corrected chi connectivity index (χ3v) is 4.63. The van der Waals surface area contributed by atoms with E-state index in [-0.39, 0.29) is 0 Å². The summed E-state index contributed by atoms with van der Waals surface area (Å²) in [5.41, 5.74) is 0. The van der Waals surface area contributed by atoms with Crippen LogP contribution in [0.3, 0.4) is 0 Å². The SMILES string of the molecule is CCCCCCCCCCC(NCC)C1COC(C)C1. The van der Waals surface area contributed by atoms with Crippen LogP contribution < -0.4 is 5.32 Å². The zero-order valence-corrected chi connectivity index (χ0v) is 14.1. The molecule has 0 saturated carbocycles. The molecule has 1 N–H and O–H groups in total. The number of ether oxygens (including phenoxy) is 1. The lowest BCUT2D eigenvalue weighted by molar-refractivity contribution is 0.116. The quantitative estimate of drug-likeness (QED) is 0.513. The second-order valence-electron chi connectivity index (χ2n) is 6.57. The first-order valence-electron chi connectivity index (χ1n) is 9.12. The van der Waals surface area contributed by atoms with Crippen LogP contribution in [0.15, 0.2) is 0 Å². The van der Waals surface area contributed by atoms with E-state index < -0.39 is 0 Å². The minimum Gasteiger partial charge on any atom is -0.378 e. The Balaban J connectivity index is 2.04. The maximum Gasteiger partial charge on any atom is 0.0551 e. The molecule has 120 valence electrons. The molecule has 1 heterocycles. The van der Waals surface area contributed by atoms with Crippen LogP contribution in [-0.2, 0) is 4.74 Å². The van der Waals surface area contributed by atoms with E-state index in [9.17, 15) is 0 Å². The predicted molar refractivity (Wildman–Crippen MR) is 88.2 cm³/mol. The van der Waals surface area contributed by atoms with Crippen LogP contribution >= 0.6 is 0 Å². The van der Waals surface area contributed by atoms with E-state index >= 15 is 0 Å². The first-order chi connectivity index (χ1) is 9.77. The van der Waals surface area contributed by atoms with Crippen molar-refractivity contribution in [1.29, 1.82) is 0 Å². The Labute approximate surface area is 127 Å². The summed E-state index contributed by atoms with van der Waals surface area (Å²) in [5, 5.41) is 3.68. The lowest BCUT2D eigenvalue weighted by Gasteiger charge is -2.23. The topological polar surface area (TPSA) is 21.3 Å². The molecule has 0 amide bonds. The maximum atomic E-state index is 5.74. The van der Waals surface area contributed by atoms with E-state index in [2.05, 4.69) is 26.1 Å². The van der Waals surface area contributed by atoms with Crippen LogP contribution in [0.25, 0.3) is 0 Å². The number of hydrogen-bond acceptors (Lipinski definition) is 2. The lowest BCUT2D eigenvalue weighted by atomic mass is 9.92. The highest BCUT2D eigenvalue weighted by Crippen LogP contribution is 2.25. The summed E-state index contributed by atoms with van der Waals surface area (Å²) in [7, 11) is 0. The van der Waals surface area contributed by atoms with Crippen molar-refractivity contribution in [2.75, 3.05) is 13.2 Å². The Hall–Kier alpha value is -0.0800. The normalized spacial score (nSPS) is 24.1. The van der Waals surface area contributed by atoms with Gasteiger partial charge in [-0.25, -0.2) is 0 Å². The Morgan fingerprint density at radius 2 is 1.65 bits per heavy atom. The predicted octanol–water partition coefficient (Wildman–Crippen LogP) is 4.92. The fourth-order valence-corrected chi connectivity index (χ4v) is 3.40. The van der Waals surface area contributed by atoms with Crippen LogP contribution in [0, 0.1) is 5.92 Å². The molecular weight excluding hydrogens is 246 g/mol. The molecule has 0 aromatic carbocycles. The number of hydrogen-bond donors (Lipinski definition) is 1. The summed E-state index contributed by atoms with van der Waals surface area (Å²) in [6.07, 6.45) is 14.4. The number of unbranched alkanes of at least 4 members (excludes halogenated alkanes) is 7. The van der Waals surface area contributed by atoms with Gasteiger partial charge in [0.25, 0.3) is 0 Å². The average Bonchev–Trinajstić information content (AvgIpc) is 2.87. The van der Waals surface area contributed by atoms with Gasteiger partial charge in [0.15, 0.2) is 0 Å². The maximum absolute atomic E-state index is 5.74.